The van der Waals surface area contributed by atoms with Gasteiger partial charge in [0.25, 0.3) is 0 Å². The van der Waals surface area contributed by atoms with E-state index in [0.717, 1.165) is 39.0 Å². The molecule has 0 amide bonds. The summed E-state index contributed by atoms with van der Waals surface area (Å²) in [4.78, 5) is 2.43. The molecule has 2 heteroatoms. The molecule has 0 bridgehead atoms. The lowest BCUT2D eigenvalue weighted by molar-refractivity contribution is 0.366. The van der Waals surface area contributed by atoms with E-state index in [2.05, 4.69) is 176 Å². The number of anilines is 3. The van der Waals surface area contributed by atoms with E-state index in [-0.39, 0.29) is 10.8 Å². The minimum Gasteiger partial charge on any atom is -0.456 e. The summed E-state index contributed by atoms with van der Waals surface area (Å²) >= 11 is 0. The van der Waals surface area contributed by atoms with Gasteiger partial charge >= 0.3 is 0 Å². The molecule has 0 spiro atoms. The van der Waals surface area contributed by atoms with E-state index in [4.69, 9.17) is 4.42 Å². The van der Waals surface area contributed by atoms with E-state index in [1.165, 1.54) is 89.5 Å². The molecular formula is C53H47NO. The van der Waals surface area contributed by atoms with Crippen LogP contribution in [0.15, 0.2) is 168 Å². The van der Waals surface area contributed by atoms with Crippen molar-refractivity contribution >= 4 is 39.0 Å². The first-order valence-electron chi connectivity index (χ1n) is 20.2. The van der Waals surface area contributed by atoms with Crippen molar-refractivity contribution in [2.45, 2.75) is 69.6 Å². The molecule has 0 radical (unpaired) electrons. The van der Waals surface area contributed by atoms with Crippen LogP contribution in [0.1, 0.15) is 81.0 Å². The molecule has 8 aromatic rings. The average Bonchev–Trinajstić information content (AvgIpc) is 3.70. The quantitative estimate of drug-likeness (QED) is 0.171. The number of benzene rings is 7. The lowest BCUT2D eigenvalue weighted by atomic mass is 9.67. The summed E-state index contributed by atoms with van der Waals surface area (Å²) in [5.74, 6) is 0. The van der Waals surface area contributed by atoms with Crippen molar-refractivity contribution < 1.29 is 4.42 Å². The van der Waals surface area contributed by atoms with Gasteiger partial charge in [0, 0.05) is 44.7 Å². The highest BCUT2D eigenvalue weighted by Gasteiger charge is 2.38. The van der Waals surface area contributed by atoms with Crippen molar-refractivity contribution in [3.8, 4) is 22.3 Å². The molecule has 0 saturated heterocycles. The first-order chi connectivity index (χ1) is 27.0. The van der Waals surface area contributed by atoms with Gasteiger partial charge in [-0.15, -0.1) is 0 Å². The number of hydrogen-bond donors (Lipinski definition) is 0. The molecule has 270 valence electrons. The van der Waals surface area contributed by atoms with Crippen LogP contribution in [0.5, 0.6) is 0 Å². The van der Waals surface area contributed by atoms with Gasteiger partial charge in [-0.05, 0) is 99.8 Å². The van der Waals surface area contributed by atoms with E-state index in [0.29, 0.717) is 0 Å². The summed E-state index contributed by atoms with van der Waals surface area (Å²) in [6, 6.07) is 60.8. The molecule has 7 aromatic carbocycles. The topological polar surface area (TPSA) is 16.4 Å². The Morgan fingerprint density at radius 3 is 1.85 bits per heavy atom. The highest BCUT2D eigenvalue weighted by atomic mass is 16.3. The van der Waals surface area contributed by atoms with Gasteiger partial charge in [0.1, 0.15) is 11.2 Å². The number of hydrogen-bond acceptors (Lipinski definition) is 2. The maximum absolute atomic E-state index is 6.48. The van der Waals surface area contributed by atoms with Crippen LogP contribution >= 0.6 is 0 Å². The fourth-order valence-electron chi connectivity index (χ4n) is 10.0. The molecule has 1 fully saturated rings. The summed E-state index contributed by atoms with van der Waals surface area (Å²) in [6.45, 7) is 4.74. The van der Waals surface area contributed by atoms with Crippen molar-refractivity contribution in [2.24, 2.45) is 0 Å². The number of para-hydroxylation sites is 1. The molecule has 2 aliphatic rings. The monoisotopic (exact) mass is 713 g/mol. The minimum absolute atomic E-state index is 0.0227. The summed E-state index contributed by atoms with van der Waals surface area (Å²) in [5, 5.41) is 2.29. The summed E-state index contributed by atoms with van der Waals surface area (Å²) in [6.07, 6.45) is 8.88. The Morgan fingerprint density at radius 2 is 1.07 bits per heavy atom. The standard InChI is InChI=1S/C53H47NO/c1-52(2)47-32-30-41(35-46(47)51-43(22-16-23-48(51)52)37-17-8-6-9-18-37)54(42-29-31-45-44-21-12-13-24-49(44)55-50(45)36-42)40-27-25-39(26-28-40)53(38-19-10-7-11-20-38)33-14-4-3-5-15-34-53/h6-13,16-32,35-36H,3-5,14-15,33-34H2,1-2H3. The van der Waals surface area contributed by atoms with Crippen molar-refractivity contribution in [3.63, 3.8) is 0 Å². The van der Waals surface area contributed by atoms with Crippen molar-refractivity contribution in [1.29, 1.82) is 0 Å². The first-order valence-corrected chi connectivity index (χ1v) is 20.2. The minimum atomic E-state index is -0.114. The molecule has 55 heavy (non-hydrogen) atoms. The van der Waals surface area contributed by atoms with Crippen LogP contribution in [-0.4, -0.2) is 0 Å². The smallest absolute Gasteiger partial charge is 0.137 e. The van der Waals surface area contributed by atoms with E-state index in [1.807, 2.05) is 6.07 Å². The largest absolute Gasteiger partial charge is 0.456 e. The van der Waals surface area contributed by atoms with E-state index < -0.39 is 0 Å². The molecule has 1 saturated carbocycles. The van der Waals surface area contributed by atoms with Crippen LogP contribution in [0.2, 0.25) is 0 Å². The maximum atomic E-state index is 6.48. The van der Waals surface area contributed by atoms with Gasteiger partial charge in [0.2, 0.25) is 0 Å². The second kappa shape index (κ2) is 13.5. The van der Waals surface area contributed by atoms with Gasteiger partial charge in [-0.1, -0.05) is 161 Å². The normalized spacial score (nSPS) is 16.0. The molecule has 0 unspecified atom stereocenters. The van der Waals surface area contributed by atoms with Crippen LogP contribution in [-0.2, 0) is 10.8 Å². The van der Waals surface area contributed by atoms with Gasteiger partial charge in [-0.2, -0.15) is 0 Å². The Hall–Kier alpha value is -5.86. The third-order valence-corrected chi connectivity index (χ3v) is 12.9. The van der Waals surface area contributed by atoms with E-state index in [9.17, 15) is 0 Å². The van der Waals surface area contributed by atoms with Crippen molar-refractivity contribution in [3.05, 3.63) is 186 Å². The molecule has 0 aliphatic heterocycles. The highest BCUT2D eigenvalue weighted by Crippen LogP contribution is 2.54. The highest BCUT2D eigenvalue weighted by molar-refractivity contribution is 6.06. The zero-order valence-corrected chi connectivity index (χ0v) is 31.9. The number of nitrogens with zero attached hydrogens (tertiary/aromatic N) is 1. The number of furan rings is 1. The van der Waals surface area contributed by atoms with Gasteiger partial charge in [-0.3, -0.25) is 0 Å². The molecule has 2 aliphatic carbocycles. The van der Waals surface area contributed by atoms with Crippen molar-refractivity contribution in [1.82, 2.24) is 0 Å². The van der Waals surface area contributed by atoms with Crippen LogP contribution in [0.25, 0.3) is 44.2 Å². The second-order valence-electron chi connectivity index (χ2n) is 16.3. The van der Waals surface area contributed by atoms with Crippen LogP contribution in [0.3, 0.4) is 0 Å². The lowest BCUT2D eigenvalue weighted by Gasteiger charge is -2.37. The van der Waals surface area contributed by atoms with Crippen molar-refractivity contribution in [2.75, 3.05) is 4.90 Å². The molecule has 10 rings (SSSR count). The van der Waals surface area contributed by atoms with Crippen LogP contribution < -0.4 is 4.90 Å². The fourth-order valence-corrected chi connectivity index (χ4v) is 10.0. The lowest BCUT2D eigenvalue weighted by Crippen LogP contribution is -2.29. The molecular weight excluding hydrogens is 667 g/mol. The van der Waals surface area contributed by atoms with Crippen LogP contribution in [0.4, 0.5) is 17.1 Å². The van der Waals surface area contributed by atoms with E-state index >= 15 is 0 Å². The molecule has 0 atom stereocenters. The van der Waals surface area contributed by atoms with E-state index in [1.54, 1.807) is 0 Å². The molecule has 1 heterocycles. The first kappa shape index (κ1) is 33.7. The third kappa shape index (κ3) is 5.61. The maximum Gasteiger partial charge on any atom is 0.137 e. The van der Waals surface area contributed by atoms with Gasteiger partial charge in [0.15, 0.2) is 0 Å². The Balaban J connectivity index is 1.15. The Bertz CT molecular complexity index is 2640. The number of fused-ring (bicyclic) bond motifs is 6. The van der Waals surface area contributed by atoms with Gasteiger partial charge < -0.3 is 9.32 Å². The predicted octanol–water partition coefficient (Wildman–Crippen LogP) is 15.1. The predicted molar refractivity (Wildman–Crippen MR) is 231 cm³/mol. The third-order valence-electron chi connectivity index (χ3n) is 12.9. The second-order valence-corrected chi connectivity index (χ2v) is 16.3. The Morgan fingerprint density at radius 1 is 0.455 bits per heavy atom. The average molecular weight is 714 g/mol. The Labute approximate surface area is 325 Å². The Kier molecular flexibility index (Phi) is 8.25. The number of rotatable bonds is 6. The van der Waals surface area contributed by atoms with Gasteiger partial charge in [0.05, 0.1) is 0 Å². The zero-order chi connectivity index (χ0) is 37.0. The van der Waals surface area contributed by atoms with Gasteiger partial charge in [-0.25, -0.2) is 0 Å². The summed E-state index contributed by atoms with van der Waals surface area (Å²) in [7, 11) is 0. The molecule has 2 nitrogen and oxygen atoms in total. The fraction of sp³-hybridized carbons (Fsp3) is 0.208. The summed E-state index contributed by atoms with van der Waals surface area (Å²) in [5.41, 5.74) is 15.9. The SMILES string of the molecule is CC1(C)c2ccc(N(c3ccc(C4(c5ccccc5)CCCCCCC4)cc3)c3ccc4c(c3)oc3ccccc34)cc2-c2c(-c3ccccc3)cccc21. The molecule has 1 aromatic heterocycles. The molecule has 0 N–H and O–H groups in total. The summed E-state index contributed by atoms with van der Waals surface area (Å²) < 4.78 is 6.48. The zero-order valence-electron chi connectivity index (χ0n) is 31.9. The van der Waals surface area contributed by atoms with Crippen LogP contribution in [0, 0.1) is 0 Å².